The minimum absolute atomic E-state index is 0.0115. The van der Waals surface area contributed by atoms with Crippen LogP contribution in [0.25, 0.3) is 0 Å². The minimum atomic E-state index is -0.685. The van der Waals surface area contributed by atoms with Crippen molar-refractivity contribution < 1.29 is 14.4 Å². The van der Waals surface area contributed by atoms with Crippen LogP contribution in [0.15, 0.2) is 12.1 Å². The molecule has 6 nitrogen and oxygen atoms in total. The molecule has 1 atom stereocenters. The maximum atomic E-state index is 10.9. The Morgan fingerprint density at radius 2 is 2.21 bits per heavy atom. The summed E-state index contributed by atoms with van der Waals surface area (Å²) >= 11 is 5.66. The van der Waals surface area contributed by atoms with E-state index in [9.17, 15) is 10.1 Å². The second kappa shape index (κ2) is 6.81. The van der Waals surface area contributed by atoms with E-state index in [1.807, 2.05) is 6.07 Å². The average molecular weight is 285 g/mol. The van der Waals surface area contributed by atoms with E-state index in [1.54, 1.807) is 6.92 Å². The molecule has 7 heteroatoms. The number of nitro benzene ring substituents is 1. The van der Waals surface area contributed by atoms with Crippen molar-refractivity contribution in [3.8, 4) is 17.6 Å². The Morgan fingerprint density at radius 3 is 2.63 bits per heavy atom. The van der Waals surface area contributed by atoms with Gasteiger partial charge in [-0.3, -0.25) is 10.1 Å². The van der Waals surface area contributed by atoms with Gasteiger partial charge in [0, 0.05) is 5.56 Å². The molecule has 0 fully saturated rings. The number of nitriles is 1. The van der Waals surface area contributed by atoms with Crippen LogP contribution in [0.3, 0.4) is 0 Å². The summed E-state index contributed by atoms with van der Waals surface area (Å²) in [6.45, 7) is 1.78. The maximum Gasteiger partial charge on any atom is 0.277 e. The van der Waals surface area contributed by atoms with Crippen LogP contribution in [-0.2, 0) is 5.88 Å². The molecular weight excluding hydrogens is 272 g/mol. The minimum Gasteiger partial charge on any atom is -0.493 e. The summed E-state index contributed by atoms with van der Waals surface area (Å²) in [4.78, 5) is 10.4. The number of alkyl halides is 1. The Hall–Kier alpha value is -2.00. The van der Waals surface area contributed by atoms with E-state index < -0.39 is 11.0 Å². The zero-order valence-electron chi connectivity index (χ0n) is 10.6. The van der Waals surface area contributed by atoms with E-state index in [2.05, 4.69) is 0 Å². The Balaban J connectivity index is 3.26. The second-order valence-electron chi connectivity index (χ2n) is 3.67. The van der Waals surface area contributed by atoms with Gasteiger partial charge in [-0.1, -0.05) is 6.92 Å². The molecule has 19 heavy (non-hydrogen) atoms. The monoisotopic (exact) mass is 284 g/mol. The largest absolute Gasteiger partial charge is 0.493 e. The van der Waals surface area contributed by atoms with Crippen molar-refractivity contribution >= 4 is 17.3 Å². The fourth-order valence-corrected chi connectivity index (χ4v) is 1.69. The number of nitro groups is 1. The number of benzene rings is 1. The van der Waals surface area contributed by atoms with Crippen molar-refractivity contribution in [1.29, 1.82) is 5.26 Å². The van der Waals surface area contributed by atoms with Crippen molar-refractivity contribution in [2.45, 2.75) is 25.3 Å². The first-order chi connectivity index (χ1) is 9.07. The van der Waals surface area contributed by atoms with E-state index in [4.69, 9.17) is 26.3 Å². The third kappa shape index (κ3) is 3.48. The predicted molar refractivity (Wildman–Crippen MR) is 69.5 cm³/mol. The number of hydrogen-bond donors (Lipinski definition) is 0. The van der Waals surface area contributed by atoms with Crippen LogP contribution in [0.2, 0.25) is 0 Å². The second-order valence-corrected chi connectivity index (χ2v) is 3.93. The first kappa shape index (κ1) is 15.1. The van der Waals surface area contributed by atoms with Gasteiger partial charge in [-0.15, -0.1) is 11.6 Å². The molecule has 0 amide bonds. The van der Waals surface area contributed by atoms with Gasteiger partial charge in [0.05, 0.1) is 24.0 Å². The normalized spacial score (nSPS) is 11.5. The van der Waals surface area contributed by atoms with Gasteiger partial charge < -0.3 is 9.47 Å². The number of methoxy groups -OCH3 is 1. The van der Waals surface area contributed by atoms with Crippen LogP contribution in [0, 0.1) is 21.4 Å². The van der Waals surface area contributed by atoms with Crippen LogP contribution in [0.4, 0.5) is 5.69 Å². The van der Waals surface area contributed by atoms with Gasteiger partial charge in [-0.05, 0) is 12.5 Å². The third-order valence-corrected chi connectivity index (χ3v) is 2.78. The number of rotatable bonds is 6. The predicted octanol–water partition coefficient (Wildman–Crippen LogP) is 3.02. The van der Waals surface area contributed by atoms with Crippen LogP contribution < -0.4 is 9.47 Å². The molecule has 0 aliphatic rings. The fraction of sp³-hybridized carbons (Fsp3) is 0.417. The van der Waals surface area contributed by atoms with Crippen molar-refractivity contribution in [1.82, 2.24) is 0 Å². The Kier molecular flexibility index (Phi) is 5.39. The first-order valence-electron chi connectivity index (χ1n) is 5.54. The molecule has 0 bridgehead atoms. The maximum absolute atomic E-state index is 10.9. The molecule has 0 N–H and O–H groups in total. The number of ether oxygens (including phenoxy) is 2. The lowest BCUT2D eigenvalue weighted by Crippen LogP contribution is -2.13. The lowest BCUT2D eigenvalue weighted by atomic mass is 10.1. The molecule has 0 aromatic heterocycles. The summed E-state index contributed by atoms with van der Waals surface area (Å²) in [6, 6.07) is 4.64. The van der Waals surface area contributed by atoms with E-state index >= 15 is 0 Å². The van der Waals surface area contributed by atoms with E-state index in [0.717, 1.165) is 0 Å². The summed E-state index contributed by atoms with van der Waals surface area (Å²) < 4.78 is 10.5. The standard InChI is InChI=1S/C12H13ClN2O4/c1-3-9(7-14)19-12-5-10(15(16)17)8(6-13)4-11(12)18-2/h4-5,9H,3,6H2,1-2H3. The van der Waals surface area contributed by atoms with E-state index in [1.165, 1.54) is 19.2 Å². The molecule has 1 aromatic carbocycles. The summed E-state index contributed by atoms with van der Waals surface area (Å²) in [6.07, 6.45) is -0.222. The molecule has 0 aliphatic carbocycles. The lowest BCUT2D eigenvalue weighted by Gasteiger charge is -2.14. The molecular formula is C12H13ClN2O4. The van der Waals surface area contributed by atoms with Gasteiger partial charge >= 0.3 is 0 Å². The summed E-state index contributed by atoms with van der Waals surface area (Å²) in [7, 11) is 1.42. The van der Waals surface area contributed by atoms with Crippen LogP contribution in [0.5, 0.6) is 11.5 Å². The molecule has 1 rings (SSSR count). The van der Waals surface area contributed by atoms with Crippen molar-refractivity contribution in [2.75, 3.05) is 7.11 Å². The van der Waals surface area contributed by atoms with Crippen molar-refractivity contribution in [3.63, 3.8) is 0 Å². The average Bonchev–Trinajstić information content (AvgIpc) is 2.43. The van der Waals surface area contributed by atoms with Gasteiger partial charge in [-0.25, -0.2) is 0 Å². The van der Waals surface area contributed by atoms with E-state index in [-0.39, 0.29) is 17.3 Å². The lowest BCUT2D eigenvalue weighted by molar-refractivity contribution is -0.385. The molecule has 102 valence electrons. The summed E-state index contributed by atoms with van der Waals surface area (Å²) in [5.74, 6) is 0.467. The summed E-state index contributed by atoms with van der Waals surface area (Å²) in [5.41, 5.74) is 0.180. The number of nitrogens with zero attached hydrogens (tertiary/aromatic N) is 2. The highest BCUT2D eigenvalue weighted by Crippen LogP contribution is 2.36. The van der Waals surface area contributed by atoms with Crippen molar-refractivity contribution in [2.24, 2.45) is 0 Å². The highest BCUT2D eigenvalue weighted by atomic mass is 35.5. The Morgan fingerprint density at radius 1 is 1.53 bits per heavy atom. The molecule has 0 heterocycles. The number of hydrogen-bond acceptors (Lipinski definition) is 5. The van der Waals surface area contributed by atoms with Gasteiger partial charge in [0.1, 0.15) is 6.07 Å². The molecule has 0 radical (unpaired) electrons. The molecule has 0 aliphatic heterocycles. The molecule has 1 unspecified atom stereocenters. The third-order valence-electron chi connectivity index (χ3n) is 2.49. The van der Waals surface area contributed by atoms with Crippen LogP contribution >= 0.6 is 11.6 Å². The Bertz CT molecular complexity index is 513. The van der Waals surface area contributed by atoms with Crippen LogP contribution in [0.1, 0.15) is 18.9 Å². The molecule has 1 aromatic rings. The molecule has 0 spiro atoms. The highest BCUT2D eigenvalue weighted by Gasteiger charge is 2.20. The van der Waals surface area contributed by atoms with Gasteiger partial charge in [-0.2, -0.15) is 5.26 Å². The molecule has 0 saturated heterocycles. The zero-order valence-corrected chi connectivity index (χ0v) is 11.3. The summed E-state index contributed by atoms with van der Waals surface area (Å²) in [5, 5.41) is 19.8. The Labute approximate surface area is 115 Å². The van der Waals surface area contributed by atoms with Gasteiger partial charge in [0.15, 0.2) is 17.6 Å². The highest BCUT2D eigenvalue weighted by molar-refractivity contribution is 6.17. The number of halogens is 1. The smallest absolute Gasteiger partial charge is 0.277 e. The molecule has 0 saturated carbocycles. The van der Waals surface area contributed by atoms with Crippen LogP contribution in [-0.4, -0.2) is 18.1 Å². The van der Waals surface area contributed by atoms with Gasteiger partial charge in [0.2, 0.25) is 0 Å². The van der Waals surface area contributed by atoms with Crippen molar-refractivity contribution in [3.05, 3.63) is 27.8 Å². The fourth-order valence-electron chi connectivity index (χ4n) is 1.47. The van der Waals surface area contributed by atoms with E-state index in [0.29, 0.717) is 17.7 Å². The quantitative estimate of drug-likeness (QED) is 0.455. The first-order valence-corrected chi connectivity index (χ1v) is 6.08. The SMILES string of the molecule is CCC(C#N)Oc1cc([N+](=O)[O-])c(CCl)cc1OC. The zero-order chi connectivity index (χ0) is 14.4. The topological polar surface area (TPSA) is 85.4 Å². The van der Waals surface area contributed by atoms with Gasteiger partial charge in [0.25, 0.3) is 5.69 Å².